The highest BCUT2D eigenvalue weighted by Gasteiger charge is 2.25. The smallest absolute Gasteiger partial charge is 0.356 e. The molecular weight excluding hydrogens is 222 g/mol. The normalized spacial score (nSPS) is 24.7. The van der Waals surface area contributed by atoms with E-state index in [9.17, 15) is 9.90 Å². The Bertz CT molecular complexity index is 407. The Kier molecular flexibility index (Phi) is 3.23. The van der Waals surface area contributed by atoms with E-state index >= 15 is 0 Å². The summed E-state index contributed by atoms with van der Waals surface area (Å²) in [5.74, 6) is -0.185. The monoisotopic (exact) mass is 237 g/mol. The van der Waals surface area contributed by atoms with Crippen molar-refractivity contribution in [3.05, 3.63) is 17.8 Å². The van der Waals surface area contributed by atoms with Gasteiger partial charge in [-0.15, -0.1) is 10.2 Å². The summed E-state index contributed by atoms with van der Waals surface area (Å²) in [6, 6.07) is 3.05. The molecule has 6 heteroatoms. The zero-order valence-electron chi connectivity index (χ0n) is 9.58. The Hall–Kier alpha value is -1.69. The summed E-state index contributed by atoms with van der Waals surface area (Å²) in [6.07, 6.45) is 0.522. The number of aromatic carboxylic acids is 1. The molecule has 1 aromatic rings. The van der Waals surface area contributed by atoms with Gasteiger partial charge in [-0.1, -0.05) is 6.92 Å². The van der Waals surface area contributed by atoms with Crippen LogP contribution in [0.2, 0.25) is 0 Å². The van der Waals surface area contributed by atoms with Crippen molar-refractivity contribution in [2.45, 2.75) is 19.4 Å². The first kappa shape index (κ1) is 11.8. The largest absolute Gasteiger partial charge is 0.476 e. The second-order valence-electron chi connectivity index (χ2n) is 4.36. The minimum Gasteiger partial charge on any atom is -0.476 e. The van der Waals surface area contributed by atoms with Gasteiger partial charge in [0.2, 0.25) is 0 Å². The van der Waals surface area contributed by atoms with Crippen molar-refractivity contribution < 1.29 is 15.0 Å². The van der Waals surface area contributed by atoms with Crippen LogP contribution in [-0.2, 0) is 0 Å². The molecule has 6 nitrogen and oxygen atoms in total. The lowest BCUT2D eigenvalue weighted by Crippen LogP contribution is -2.43. The average molecular weight is 237 g/mol. The van der Waals surface area contributed by atoms with Crippen molar-refractivity contribution in [3.63, 3.8) is 0 Å². The number of hydrogen-bond donors (Lipinski definition) is 2. The zero-order valence-corrected chi connectivity index (χ0v) is 9.58. The summed E-state index contributed by atoms with van der Waals surface area (Å²) in [7, 11) is 0. The standard InChI is InChI=1S/C11H15N3O3/c1-7-4-5-14(6-9(7)15)10-3-2-8(11(16)17)12-13-10/h2-3,7,9,15H,4-6H2,1H3,(H,16,17). The molecule has 0 spiro atoms. The van der Waals surface area contributed by atoms with Crippen LogP contribution >= 0.6 is 0 Å². The van der Waals surface area contributed by atoms with E-state index < -0.39 is 5.97 Å². The van der Waals surface area contributed by atoms with Crippen LogP contribution in [0.25, 0.3) is 0 Å². The highest BCUT2D eigenvalue weighted by atomic mass is 16.4. The molecule has 92 valence electrons. The Balaban J connectivity index is 2.10. The van der Waals surface area contributed by atoms with Gasteiger partial charge in [0.25, 0.3) is 0 Å². The maximum Gasteiger partial charge on any atom is 0.356 e. The molecule has 0 aromatic carbocycles. The molecule has 2 atom stereocenters. The summed E-state index contributed by atoms with van der Waals surface area (Å²) in [4.78, 5) is 12.5. The molecular formula is C11H15N3O3. The Labute approximate surface area is 98.9 Å². The summed E-state index contributed by atoms with van der Waals surface area (Å²) in [6.45, 7) is 3.34. The quantitative estimate of drug-likeness (QED) is 0.773. The molecule has 1 aromatic heterocycles. The third-order valence-electron chi connectivity index (χ3n) is 3.11. The number of aliphatic hydroxyl groups excluding tert-OH is 1. The molecule has 2 unspecified atom stereocenters. The lowest BCUT2D eigenvalue weighted by Gasteiger charge is -2.34. The number of carboxylic acids is 1. The van der Waals surface area contributed by atoms with Gasteiger partial charge in [-0.05, 0) is 24.5 Å². The lowest BCUT2D eigenvalue weighted by molar-refractivity contribution is 0.0689. The number of carbonyl (C=O) groups is 1. The fourth-order valence-electron chi connectivity index (χ4n) is 1.86. The molecule has 0 amide bonds. The summed E-state index contributed by atoms with van der Waals surface area (Å²) >= 11 is 0. The molecule has 2 N–H and O–H groups in total. The van der Waals surface area contributed by atoms with E-state index in [1.807, 2.05) is 11.8 Å². The molecule has 1 saturated heterocycles. The maximum atomic E-state index is 10.6. The molecule has 1 fully saturated rings. The third-order valence-corrected chi connectivity index (χ3v) is 3.11. The third kappa shape index (κ3) is 2.52. The SMILES string of the molecule is CC1CCN(c2ccc(C(=O)O)nn2)CC1O. The van der Waals surface area contributed by atoms with Crippen LogP contribution < -0.4 is 4.90 Å². The van der Waals surface area contributed by atoms with Crippen LogP contribution in [0.5, 0.6) is 0 Å². The van der Waals surface area contributed by atoms with Gasteiger partial charge in [-0.2, -0.15) is 0 Å². The van der Waals surface area contributed by atoms with Gasteiger partial charge in [0.05, 0.1) is 6.10 Å². The highest BCUT2D eigenvalue weighted by molar-refractivity contribution is 5.85. The molecule has 2 heterocycles. The fraction of sp³-hybridized carbons (Fsp3) is 0.545. The van der Waals surface area contributed by atoms with Crippen LogP contribution in [-0.4, -0.2) is 45.6 Å². The lowest BCUT2D eigenvalue weighted by atomic mass is 9.96. The number of β-amino-alcohol motifs (C(OH)–C–C–N with tert-alkyl or cyclic N) is 1. The van der Waals surface area contributed by atoms with Crippen LogP contribution in [0.1, 0.15) is 23.8 Å². The van der Waals surface area contributed by atoms with Crippen molar-refractivity contribution in [1.29, 1.82) is 0 Å². The maximum absolute atomic E-state index is 10.6. The van der Waals surface area contributed by atoms with Gasteiger partial charge in [-0.25, -0.2) is 4.79 Å². The van der Waals surface area contributed by atoms with Gasteiger partial charge >= 0.3 is 5.97 Å². The Morgan fingerprint density at radius 2 is 2.24 bits per heavy atom. The van der Waals surface area contributed by atoms with Gasteiger partial charge in [0.15, 0.2) is 11.5 Å². The second-order valence-corrected chi connectivity index (χ2v) is 4.36. The Morgan fingerprint density at radius 3 is 2.76 bits per heavy atom. The summed E-state index contributed by atoms with van der Waals surface area (Å²) in [5, 5.41) is 26.0. The van der Waals surface area contributed by atoms with E-state index in [1.54, 1.807) is 6.07 Å². The van der Waals surface area contributed by atoms with E-state index in [0.717, 1.165) is 13.0 Å². The van der Waals surface area contributed by atoms with Crippen LogP contribution in [0, 0.1) is 5.92 Å². The molecule has 0 aliphatic carbocycles. The number of nitrogens with zero attached hydrogens (tertiary/aromatic N) is 3. The number of piperidine rings is 1. The van der Waals surface area contributed by atoms with Crippen molar-refractivity contribution in [1.82, 2.24) is 10.2 Å². The molecule has 17 heavy (non-hydrogen) atoms. The summed E-state index contributed by atoms with van der Waals surface area (Å²) < 4.78 is 0. The average Bonchev–Trinajstić information content (AvgIpc) is 2.33. The number of carboxylic acid groups (broad SMARTS) is 1. The molecule has 2 rings (SSSR count). The number of hydrogen-bond acceptors (Lipinski definition) is 5. The topological polar surface area (TPSA) is 86.6 Å². The van der Waals surface area contributed by atoms with Crippen molar-refractivity contribution in [2.24, 2.45) is 5.92 Å². The van der Waals surface area contributed by atoms with Crippen molar-refractivity contribution in [2.75, 3.05) is 18.0 Å². The number of aliphatic hydroxyl groups is 1. The van der Waals surface area contributed by atoms with E-state index in [0.29, 0.717) is 12.4 Å². The minimum absolute atomic E-state index is 0.0697. The predicted molar refractivity (Wildman–Crippen MR) is 61.0 cm³/mol. The van der Waals surface area contributed by atoms with Gasteiger partial charge in [0.1, 0.15) is 0 Å². The van der Waals surface area contributed by atoms with Gasteiger partial charge < -0.3 is 15.1 Å². The fourth-order valence-corrected chi connectivity index (χ4v) is 1.86. The van der Waals surface area contributed by atoms with E-state index in [2.05, 4.69) is 10.2 Å². The van der Waals surface area contributed by atoms with Crippen LogP contribution in [0.4, 0.5) is 5.82 Å². The van der Waals surface area contributed by atoms with E-state index in [4.69, 9.17) is 5.11 Å². The van der Waals surface area contributed by atoms with Crippen molar-refractivity contribution >= 4 is 11.8 Å². The minimum atomic E-state index is -1.09. The first-order chi connectivity index (χ1) is 8.08. The molecule has 0 saturated carbocycles. The number of anilines is 1. The number of aromatic nitrogens is 2. The predicted octanol–water partition coefficient (Wildman–Crippen LogP) is 0.382. The summed E-state index contributed by atoms with van der Waals surface area (Å²) in [5.41, 5.74) is -0.0697. The molecule has 1 aliphatic heterocycles. The number of rotatable bonds is 2. The zero-order chi connectivity index (χ0) is 12.4. The van der Waals surface area contributed by atoms with Gasteiger partial charge in [-0.3, -0.25) is 0 Å². The highest BCUT2D eigenvalue weighted by Crippen LogP contribution is 2.21. The van der Waals surface area contributed by atoms with E-state index in [1.165, 1.54) is 6.07 Å². The second kappa shape index (κ2) is 4.67. The van der Waals surface area contributed by atoms with Crippen molar-refractivity contribution in [3.8, 4) is 0 Å². The molecule has 1 aliphatic rings. The first-order valence-corrected chi connectivity index (χ1v) is 5.58. The molecule has 0 bridgehead atoms. The van der Waals surface area contributed by atoms with Crippen LogP contribution in [0.15, 0.2) is 12.1 Å². The first-order valence-electron chi connectivity index (χ1n) is 5.58. The Morgan fingerprint density at radius 1 is 1.47 bits per heavy atom. The van der Waals surface area contributed by atoms with Crippen LogP contribution in [0.3, 0.4) is 0 Å². The van der Waals surface area contributed by atoms with E-state index in [-0.39, 0.29) is 17.7 Å². The molecule has 0 radical (unpaired) electrons. The van der Waals surface area contributed by atoms with Gasteiger partial charge in [0, 0.05) is 13.1 Å².